The Morgan fingerprint density at radius 3 is 2.73 bits per heavy atom. The maximum atomic E-state index is 13.7. The molecule has 1 aliphatic carbocycles. The Morgan fingerprint density at radius 1 is 1.36 bits per heavy atom. The second-order valence-electron chi connectivity index (χ2n) is 5.99. The zero-order valence-corrected chi connectivity index (χ0v) is 12.4. The van der Waals surface area contributed by atoms with Crippen molar-refractivity contribution in [3.63, 3.8) is 0 Å². The quantitative estimate of drug-likeness (QED) is 0.892. The Labute approximate surface area is 128 Å². The van der Waals surface area contributed by atoms with Crippen LogP contribution in [0.4, 0.5) is 4.39 Å². The first-order valence-electron chi connectivity index (χ1n) is 7.41. The predicted octanol–water partition coefficient (Wildman–Crippen LogP) is 2.94. The highest BCUT2D eigenvalue weighted by molar-refractivity contribution is 5.92. The van der Waals surface area contributed by atoms with Gasteiger partial charge in [0, 0.05) is 6.54 Å². The number of nitrogens with one attached hydrogen (secondary N) is 1. The molecule has 1 aromatic carbocycles. The molecule has 0 spiro atoms. The molecule has 0 saturated heterocycles. The van der Waals surface area contributed by atoms with Crippen LogP contribution in [0.5, 0.6) is 0 Å². The van der Waals surface area contributed by atoms with Crippen LogP contribution >= 0.6 is 0 Å². The summed E-state index contributed by atoms with van der Waals surface area (Å²) in [4.78, 5) is 12.3. The van der Waals surface area contributed by atoms with Gasteiger partial charge in [-0.1, -0.05) is 12.1 Å². The third-order valence-corrected chi connectivity index (χ3v) is 4.27. The lowest BCUT2D eigenvalue weighted by Crippen LogP contribution is -2.53. The first-order chi connectivity index (χ1) is 10.5. The van der Waals surface area contributed by atoms with Crippen molar-refractivity contribution < 1.29 is 13.6 Å². The minimum Gasteiger partial charge on any atom is -0.451 e. The molecule has 1 aliphatic rings. The second-order valence-corrected chi connectivity index (χ2v) is 5.99. The van der Waals surface area contributed by atoms with E-state index in [9.17, 15) is 9.18 Å². The number of furan rings is 1. The smallest absolute Gasteiger partial charge is 0.287 e. The highest BCUT2D eigenvalue weighted by atomic mass is 19.1. The van der Waals surface area contributed by atoms with Crippen molar-refractivity contribution in [2.24, 2.45) is 11.7 Å². The van der Waals surface area contributed by atoms with Gasteiger partial charge in [0.05, 0.1) is 11.1 Å². The van der Waals surface area contributed by atoms with Crippen molar-refractivity contribution in [1.29, 1.82) is 0 Å². The van der Waals surface area contributed by atoms with Crippen molar-refractivity contribution in [2.45, 2.75) is 25.3 Å². The fraction of sp³-hybridized carbons (Fsp3) is 0.353. The molecule has 0 bridgehead atoms. The van der Waals surface area contributed by atoms with Gasteiger partial charge in [-0.2, -0.15) is 0 Å². The summed E-state index contributed by atoms with van der Waals surface area (Å²) in [6.45, 7) is 2.33. The SMILES string of the molecule is CC(CN)(NC(=O)c1ccc(-c2ccccc2F)o1)C1CC1. The van der Waals surface area contributed by atoms with Gasteiger partial charge in [-0.3, -0.25) is 4.79 Å². The molecule has 22 heavy (non-hydrogen) atoms. The molecule has 0 aliphatic heterocycles. The highest BCUT2D eigenvalue weighted by Gasteiger charge is 2.42. The molecule has 116 valence electrons. The molecule has 1 atom stereocenters. The third kappa shape index (κ3) is 2.76. The summed E-state index contributed by atoms with van der Waals surface area (Å²) >= 11 is 0. The summed E-state index contributed by atoms with van der Waals surface area (Å²) in [6.07, 6.45) is 2.15. The average Bonchev–Trinajstić information content (AvgIpc) is 3.26. The number of benzene rings is 1. The molecule has 1 heterocycles. The van der Waals surface area contributed by atoms with Crippen molar-refractivity contribution in [2.75, 3.05) is 6.54 Å². The number of hydrogen-bond donors (Lipinski definition) is 2. The molecule has 2 aromatic rings. The van der Waals surface area contributed by atoms with Crippen LogP contribution in [0.2, 0.25) is 0 Å². The lowest BCUT2D eigenvalue weighted by atomic mass is 9.96. The van der Waals surface area contributed by atoms with Gasteiger partial charge < -0.3 is 15.5 Å². The lowest BCUT2D eigenvalue weighted by Gasteiger charge is -2.28. The van der Waals surface area contributed by atoms with Crippen LogP contribution < -0.4 is 11.1 Å². The van der Waals surface area contributed by atoms with Crippen LogP contribution in [-0.4, -0.2) is 18.0 Å². The van der Waals surface area contributed by atoms with Gasteiger partial charge in [0.15, 0.2) is 5.76 Å². The topological polar surface area (TPSA) is 68.3 Å². The first-order valence-corrected chi connectivity index (χ1v) is 7.41. The van der Waals surface area contributed by atoms with Crippen molar-refractivity contribution in [3.8, 4) is 11.3 Å². The fourth-order valence-electron chi connectivity index (χ4n) is 2.63. The molecular formula is C17H19FN2O2. The van der Waals surface area contributed by atoms with E-state index in [0.717, 1.165) is 12.8 Å². The molecule has 5 heteroatoms. The minimum atomic E-state index is -0.415. The van der Waals surface area contributed by atoms with E-state index in [1.807, 2.05) is 6.92 Å². The van der Waals surface area contributed by atoms with Gasteiger partial charge in [-0.05, 0) is 49.9 Å². The summed E-state index contributed by atoms with van der Waals surface area (Å²) in [5, 5.41) is 2.95. The zero-order valence-electron chi connectivity index (χ0n) is 12.4. The molecule has 3 rings (SSSR count). The third-order valence-electron chi connectivity index (χ3n) is 4.27. The summed E-state index contributed by atoms with van der Waals surface area (Å²) < 4.78 is 19.3. The molecule has 1 fully saturated rings. The summed E-state index contributed by atoms with van der Waals surface area (Å²) in [6, 6.07) is 9.46. The summed E-state index contributed by atoms with van der Waals surface area (Å²) in [7, 11) is 0. The number of rotatable bonds is 5. The second kappa shape index (κ2) is 5.57. The van der Waals surface area contributed by atoms with Crippen molar-refractivity contribution in [3.05, 3.63) is 48.0 Å². The molecule has 4 nitrogen and oxygen atoms in total. The first kappa shape index (κ1) is 14.8. The van der Waals surface area contributed by atoms with Gasteiger partial charge in [-0.25, -0.2) is 4.39 Å². The van der Waals surface area contributed by atoms with Crippen LogP contribution in [0.15, 0.2) is 40.8 Å². The standard InChI is InChI=1S/C17H19FN2O2/c1-17(10-19,11-6-7-11)20-16(21)15-9-8-14(22-15)12-4-2-3-5-13(12)18/h2-5,8-9,11H,6-7,10,19H2,1H3,(H,20,21). The lowest BCUT2D eigenvalue weighted by molar-refractivity contribution is 0.0870. The van der Waals surface area contributed by atoms with Gasteiger partial charge in [-0.15, -0.1) is 0 Å². The Kier molecular flexibility index (Phi) is 3.74. The number of nitrogens with two attached hydrogens (primary N) is 1. The van der Waals surface area contributed by atoms with E-state index in [-0.39, 0.29) is 17.5 Å². The van der Waals surface area contributed by atoms with Crippen molar-refractivity contribution in [1.82, 2.24) is 5.32 Å². The van der Waals surface area contributed by atoms with Crippen LogP contribution in [-0.2, 0) is 0 Å². The maximum Gasteiger partial charge on any atom is 0.287 e. The molecule has 3 N–H and O–H groups in total. The Bertz CT molecular complexity index is 693. The van der Waals surface area contributed by atoms with Gasteiger partial charge in [0.2, 0.25) is 0 Å². The van der Waals surface area contributed by atoms with Crippen LogP contribution in [0.3, 0.4) is 0 Å². The van der Waals surface area contributed by atoms with E-state index in [0.29, 0.717) is 23.8 Å². The minimum absolute atomic E-state index is 0.165. The predicted molar refractivity (Wildman–Crippen MR) is 81.8 cm³/mol. The van der Waals surface area contributed by atoms with Crippen molar-refractivity contribution >= 4 is 5.91 Å². The maximum absolute atomic E-state index is 13.7. The molecule has 1 aromatic heterocycles. The normalized spacial score (nSPS) is 17.0. The van der Waals surface area contributed by atoms with E-state index in [1.54, 1.807) is 30.3 Å². The number of hydrogen-bond acceptors (Lipinski definition) is 3. The van der Waals surface area contributed by atoms with Crippen LogP contribution in [0.1, 0.15) is 30.3 Å². The highest BCUT2D eigenvalue weighted by Crippen LogP contribution is 2.39. The van der Waals surface area contributed by atoms with E-state index >= 15 is 0 Å². The molecule has 1 saturated carbocycles. The monoisotopic (exact) mass is 302 g/mol. The number of halogens is 1. The van der Waals surface area contributed by atoms with E-state index < -0.39 is 5.54 Å². The summed E-state index contributed by atoms with van der Waals surface area (Å²) in [5.41, 5.74) is 5.72. The van der Waals surface area contributed by atoms with Crippen LogP contribution in [0, 0.1) is 11.7 Å². The Hall–Kier alpha value is -2.14. The molecular weight excluding hydrogens is 283 g/mol. The Morgan fingerprint density at radius 2 is 2.09 bits per heavy atom. The fourth-order valence-corrected chi connectivity index (χ4v) is 2.63. The average molecular weight is 302 g/mol. The van der Waals surface area contributed by atoms with Crippen LogP contribution in [0.25, 0.3) is 11.3 Å². The summed E-state index contributed by atoms with van der Waals surface area (Å²) in [5.74, 6) is 0.223. The number of amides is 1. The largest absolute Gasteiger partial charge is 0.451 e. The van der Waals surface area contributed by atoms with E-state index in [4.69, 9.17) is 10.2 Å². The van der Waals surface area contributed by atoms with Gasteiger partial charge >= 0.3 is 0 Å². The Balaban J connectivity index is 1.79. The molecule has 1 amide bonds. The van der Waals surface area contributed by atoms with E-state index in [2.05, 4.69) is 5.32 Å². The molecule has 0 radical (unpaired) electrons. The number of carbonyl (C=O) groups excluding carboxylic acids is 1. The van der Waals surface area contributed by atoms with Gasteiger partial charge in [0.1, 0.15) is 11.6 Å². The van der Waals surface area contributed by atoms with Gasteiger partial charge in [0.25, 0.3) is 5.91 Å². The molecule has 1 unspecified atom stereocenters. The van der Waals surface area contributed by atoms with E-state index in [1.165, 1.54) is 6.07 Å². The number of carbonyl (C=O) groups is 1. The zero-order chi connectivity index (χ0) is 15.7.